The summed E-state index contributed by atoms with van der Waals surface area (Å²) in [6.45, 7) is 1.42. The van der Waals surface area contributed by atoms with Crippen molar-refractivity contribution in [2.45, 2.75) is 18.9 Å². The molecule has 8 nitrogen and oxygen atoms in total. The summed E-state index contributed by atoms with van der Waals surface area (Å²) in [6.07, 6.45) is -7.45. The molecule has 3 heterocycles. The number of aromatic nitrogens is 3. The van der Waals surface area contributed by atoms with E-state index >= 15 is 0 Å². The lowest BCUT2D eigenvalue weighted by molar-refractivity contribution is -0.153. The lowest BCUT2D eigenvalue weighted by Gasteiger charge is -2.34. The Morgan fingerprint density at radius 2 is 1.57 bits per heavy atom. The first-order valence-corrected chi connectivity index (χ1v) is 12.7. The summed E-state index contributed by atoms with van der Waals surface area (Å²) in [4.78, 5) is 25.3. The van der Waals surface area contributed by atoms with Gasteiger partial charge in [0.1, 0.15) is 11.4 Å². The van der Waals surface area contributed by atoms with Crippen molar-refractivity contribution in [1.29, 1.82) is 0 Å². The highest BCUT2D eigenvalue weighted by molar-refractivity contribution is 5.94. The third-order valence-corrected chi connectivity index (χ3v) is 6.52. The Labute approximate surface area is 235 Å². The SMILES string of the molecule is O=C(c1ccc(-c2nc(-c3ccc(C(F)(F)F)cc3)no2)nc1)N1CCN(Cc2ccc(OCC(F)(F)F)cc2)CC1. The number of halogens is 6. The van der Waals surface area contributed by atoms with Crippen LogP contribution in [-0.2, 0) is 12.7 Å². The molecule has 14 heteroatoms. The molecule has 2 aromatic carbocycles. The van der Waals surface area contributed by atoms with Gasteiger partial charge in [0.25, 0.3) is 11.8 Å². The fourth-order valence-corrected chi connectivity index (χ4v) is 4.31. The maximum Gasteiger partial charge on any atom is 0.422 e. The Morgan fingerprint density at radius 1 is 0.881 bits per heavy atom. The summed E-state index contributed by atoms with van der Waals surface area (Å²) in [5.74, 6) is 0.0994. The predicted molar refractivity (Wildman–Crippen MR) is 137 cm³/mol. The highest BCUT2D eigenvalue weighted by Gasteiger charge is 2.30. The summed E-state index contributed by atoms with van der Waals surface area (Å²) in [5, 5.41) is 3.81. The molecule has 0 atom stereocenters. The van der Waals surface area contributed by atoms with E-state index in [0.29, 0.717) is 49.5 Å². The van der Waals surface area contributed by atoms with Gasteiger partial charge in [0.15, 0.2) is 6.61 Å². The van der Waals surface area contributed by atoms with Crippen LogP contribution in [0.25, 0.3) is 23.0 Å². The lowest BCUT2D eigenvalue weighted by Crippen LogP contribution is -2.48. The molecule has 0 N–H and O–H groups in total. The van der Waals surface area contributed by atoms with E-state index in [0.717, 1.165) is 17.7 Å². The second kappa shape index (κ2) is 11.8. The van der Waals surface area contributed by atoms with Gasteiger partial charge in [-0.3, -0.25) is 14.7 Å². The van der Waals surface area contributed by atoms with Gasteiger partial charge in [0, 0.05) is 44.5 Å². The zero-order valence-corrected chi connectivity index (χ0v) is 21.8. The molecule has 1 aliphatic rings. The third-order valence-electron chi connectivity index (χ3n) is 6.52. The van der Waals surface area contributed by atoms with E-state index < -0.39 is 24.5 Å². The van der Waals surface area contributed by atoms with E-state index in [9.17, 15) is 31.1 Å². The number of nitrogens with zero attached hydrogens (tertiary/aromatic N) is 5. The van der Waals surface area contributed by atoms with Crippen molar-refractivity contribution in [3.05, 3.63) is 83.6 Å². The Hall–Kier alpha value is -4.46. The van der Waals surface area contributed by atoms with E-state index in [1.165, 1.54) is 30.5 Å². The Balaban J connectivity index is 1.13. The minimum absolute atomic E-state index is 0.0532. The zero-order valence-electron chi connectivity index (χ0n) is 21.8. The first-order chi connectivity index (χ1) is 19.9. The van der Waals surface area contributed by atoms with Crippen molar-refractivity contribution in [3.8, 4) is 28.7 Å². The van der Waals surface area contributed by atoms with Crippen molar-refractivity contribution in [3.63, 3.8) is 0 Å². The minimum atomic E-state index is -4.45. The van der Waals surface area contributed by atoms with Crippen molar-refractivity contribution in [2.24, 2.45) is 0 Å². The van der Waals surface area contributed by atoms with Crippen LogP contribution in [0.4, 0.5) is 26.3 Å². The monoisotopic (exact) mass is 591 g/mol. The van der Waals surface area contributed by atoms with Crippen LogP contribution in [-0.4, -0.2) is 69.8 Å². The number of benzene rings is 2. The number of ether oxygens (including phenoxy) is 1. The summed E-state index contributed by atoms with van der Waals surface area (Å²) in [6, 6.07) is 13.9. The van der Waals surface area contributed by atoms with Gasteiger partial charge in [0.2, 0.25) is 5.82 Å². The second-order valence-corrected chi connectivity index (χ2v) is 9.55. The van der Waals surface area contributed by atoms with Crippen molar-refractivity contribution >= 4 is 5.91 Å². The topological polar surface area (TPSA) is 84.6 Å². The maximum absolute atomic E-state index is 13.0. The largest absolute Gasteiger partial charge is 0.484 e. The van der Waals surface area contributed by atoms with Crippen molar-refractivity contribution in [1.82, 2.24) is 24.9 Å². The average Bonchev–Trinajstić information content (AvgIpc) is 3.47. The number of alkyl halides is 6. The molecule has 0 aliphatic carbocycles. The highest BCUT2D eigenvalue weighted by Crippen LogP contribution is 2.31. The van der Waals surface area contributed by atoms with Crippen LogP contribution in [0.5, 0.6) is 5.75 Å². The number of pyridine rings is 1. The van der Waals surface area contributed by atoms with Crippen LogP contribution >= 0.6 is 0 Å². The van der Waals surface area contributed by atoms with Crippen LogP contribution in [0.2, 0.25) is 0 Å². The summed E-state index contributed by atoms with van der Waals surface area (Å²) in [7, 11) is 0. The van der Waals surface area contributed by atoms with Gasteiger partial charge >= 0.3 is 12.4 Å². The van der Waals surface area contributed by atoms with E-state index in [1.807, 2.05) is 0 Å². The standard InChI is InChI=1S/C28H23F6N5O3/c29-27(30,31)17-41-22-8-1-18(2-9-22)16-38-11-13-39(14-12-38)26(40)20-5-10-23(35-15-20)25-36-24(37-42-25)19-3-6-21(7-4-19)28(32,33)34/h1-10,15H,11-14,16-17H2. The molecule has 1 fully saturated rings. The molecule has 0 unspecified atom stereocenters. The number of hydrogen-bond donors (Lipinski definition) is 0. The fraction of sp³-hybridized carbons (Fsp3) is 0.286. The van der Waals surface area contributed by atoms with Crippen LogP contribution in [0.1, 0.15) is 21.5 Å². The normalized spacial score (nSPS) is 14.7. The minimum Gasteiger partial charge on any atom is -0.484 e. The third kappa shape index (κ3) is 7.24. The number of hydrogen-bond acceptors (Lipinski definition) is 7. The molecular weight excluding hydrogens is 568 g/mol. The Morgan fingerprint density at radius 3 is 2.17 bits per heavy atom. The van der Waals surface area contributed by atoms with Gasteiger partial charge in [-0.15, -0.1) is 0 Å². The first-order valence-electron chi connectivity index (χ1n) is 12.7. The number of piperazine rings is 1. The van der Waals surface area contributed by atoms with E-state index in [4.69, 9.17) is 9.26 Å². The first kappa shape index (κ1) is 29.0. The number of carbonyl (C=O) groups excluding carboxylic acids is 1. The molecule has 0 saturated carbocycles. The molecule has 4 aromatic rings. The smallest absolute Gasteiger partial charge is 0.422 e. The number of rotatable bonds is 7. The molecule has 0 spiro atoms. The predicted octanol–water partition coefficient (Wildman–Crippen LogP) is 5.72. The Kier molecular flexibility index (Phi) is 8.16. The maximum atomic E-state index is 13.0. The quantitative estimate of drug-likeness (QED) is 0.255. The van der Waals surface area contributed by atoms with Gasteiger partial charge in [-0.05, 0) is 42.0 Å². The Bertz CT molecular complexity index is 1500. The summed E-state index contributed by atoms with van der Waals surface area (Å²) >= 11 is 0. The van der Waals surface area contributed by atoms with Crippen LogP contribution in [0, 0.1) is 0 Å². The number of carbonyl (C=O) groups is 1. The molecule has 1 aliphatic heterocycles. The van der Waals surface area contributed by atoms with E-state index in [2.05, 4.69) is 20.0 Å². The average molecular weight is 592 g/mol. The fourth-order valence-electron chi connectivity index (χ4n) is 4.31. The van der Waals surface area contributed by atoms with Crippen molar-refractivity contribution in [2.75, 3.05) is 32.8 Å². The van der Waals surface area contributed by atoms with Gasteiger partial charge in [-0.25, -0.2) is 0 Å². The molecule has 5 rings (SSSR count). The van der Waals surface area contributed by atoms with E-state index in [1.54, 1.807) is 29.2 Å². The van der Waals surface area contributed by atoms with Crippen LogP contribution in [0.3, 0.4) is 0 Å². The van der Waals surface area contributed by atoms with Crippen molar-refractivity contribution < 1.29 is 40.4 Å². The van der Waals surface area contributed by atoms with Gasteiger partial charge < -0.3 is 14.2 Å². The molecular formula is C28H23F6N5O3. The molecule has 0 bridgehead atoms. The van der Waals surface area contributed by atoms with Gasteiger partial charge in [-0.1, -0.05) is 29.4 Å². The van der Waals surface area contributed by atoms with Crippen LogP contribution < -0.4 is 4.74 Å². The lowest BCUT2D eigenvalue weighted by atomic mass is 10.1. The summed E-state index contributed by atoms with van der Waals surface area (Å²) in [5.41, 5.74) is 1.14. The van der Waals surface area contributed by atoms with Gasteiger partial charge in [-0.2, -0.15) is 31.3 Å². The van der Waals surface area contributed by atoms with E-state index in [-0.39, 0.29) is 23.4 Å². The second-order valence-electron chi connectivity index (χ2n) is 9.55. The molecule has 42 heavy (non-hydrogen) atoms. The molecule has 1 saturated heterocycles. The molecule has 0 radical (unpaired) electrons. The van der Waals surface area contributed by atoms with Crippen LogP contribution in [0.15, 0.2) is 71.4 Å². The molecule has 2 aromatic heterocycles. The van der Waals surface area contributed by atoms with Gasteiger partial charge in [0.05, 0.1) is 11.1 Å². The molecule has 1 amide bonds. The number of amides is 1. The zero-order chi connectivity index (χ0) is 29.9. The summed E-state index contributed by atoms with van der Waals surface area (Å²) < 4.78 is 85.3. The highest BCUT2D eigenvalue weighted by atomic mass is 19.4. The molecule has 220 valence electrons.